The van der Waals surface area contributed by atoms with Crippen molar-refractivity contribution in [1.29, 1.82) is 0 Å². The third kappa shape index (κ3) is 1.17. The molecule has 0 saturated carbocycles. The average molecular weight is 105 g/mol. The van der Waals surface area contributed by atoms with Gasteiger partial charge in [0.15, 0.2) is 0 Å². The summed E-state index contributed by atoms with van der Waals surface area (Å²) in [6.45, 7) is 2.65. The Hall–Kier alpha value is -0.625. The van der Waals surface area contributed by atoms with E-state index in [1.165, 1.54) is 5.46 Å². The number of nitrogens with two attached hydrogens (primary N) is 1. The van der Waals surface area contributed by atoms with E-state index >= 15 is 0 Å². The van der Waals surface area contributed by atoms with Gasteiger partial charge in [0.1, 0.15) is 0 Å². The second-order valence-electron chi connectivity index (χ2n) is 1.69. The fourth-order valence-corrected chi connectivity index (χ4v) is 0.614. The van der Waals surface area contributed by atoms with Gasteiger partial charge >= 0.3 is 48.8 Å². The Kier molecular flexibility index (Phi) is 1.81. The van der Waals surface area contributed by atoms with Gasteiger partial charge in [-0.15, -0.1) is 0 Å². The summed E-state index contributed by atoms with van der Waals surface area (Å²) in [5, 5.41) is 0. The van der Waals surface area contributed by atoms with Gasteiger partial charge in [-0.1, -0.05) is 0 Å². The van der Waals surface area contributed by atoms with Crippen LogP contribution in [0.3, 0.4) is 0 Å². The topological polar surface area (TPSA) is 26.0 Å². The Balaban J connectivity index is 2.83. The Morgan fingerprint density at radius 1 is 1.50 bits per heavy atom. The summed E-state index contributed by atoms with van der Waals surface area (Å²) in [5.74, 6) is 1.99. The monoisotopic (exact) mass is 105 g/mol. The molecular weight excluding hydrogens is 96.9 g/mol. The SMILES string of the molecule is NCc1bcccc1. The van der Waals surface area contributed by atoms with E-state index in [0.717, 1.165) is 0 Å². The molecule has 1 rings (SSSR count). The van der Waals surface area contributed by atoms with Gasteiger partial charge < -0.3 is 0 Å². The van der Waals surface area contributed by atoms with Crippen LogP contribution in [0.4, 0.5) is 0 Å². The van der Waals surface area contributed by atoms with Crippen molar-refractivity contribution in [2.75, 3.05) is 0 Å². The average Bonchev–Trinajstić information content (AvgIpc) is 1.90. The van der Waals surface area contributed by atoms with Gasteiger partial charge in [0.2, 0.25) is 0 Å². The summed E-state index contributed by atoms with van der Waals surface area (Å²) in [6.07, 6.45) is 0. The molecule has 1 aromatic heterocycles. The van der Waals surface area contributed by atoms with Crippen LogP contribution in [0.5, 0.6) is 0 Å². The van der Waals surface area contributed by atoms with Crippen molar-refractivity contribution < 1.29 is 0 Å². The summed E-state index contributed by atoms with van der Waals surface area (Å²) < 4.78 is 0. The molecule has 0 radical (unpaired) electrons. The molecule has 0 atom stereocenters. The summed E-state index contributed by atoms with van der Waals surface area (Å²) in [7, 11) is 0. The molecule has 2 N–H and O–H groups in total. The second-order valence-corrected chi connectivity index (χ2v) is 1.69. The van der Waals surface area contributed by atoms with Crippen LogP contribution in [0.15, 0.2) is 24.2 Å². The second kappa shape index (κ2) is 2.63. The summed E-state index contributed by atoms with van der Waals surface area (Å²) in [6, 6.07) is 5.99. The molecule has 1 aromatic rings. The predicted molar refractivity (Wildman–Crippen MR) is 35.7 cm³/mol. The Labute approximate surface area is 49.7 Å². The van der Waals surface area contributed by atoms with Gasteiger partial charge in [0, 0.05) is 0 Å². The minimum atomic E-state index is 0.640. The molecule has 0 bridgehead atoms. The molecule has 0 amide bonds. The molecule has 0 aromatic carbocycles. The Morgan fingerprint density at radius 3 is 2.75 bits per heavy atom. The molecule has 0 aliphatic rings. The molecule has 0 spiro atoms. The van der Waals surface area contributed by atoms with Crippen molar-refractivity contribution in [2.45, 2.75) is 6.54 Å². The maximum atomic E-state index is 5.35. The standard InChI is InChI=1S/C6H8BN/c8-5-6-3-1-2-4-7-6/h1-4H,5,8H2. The van der Waals surface area contributed by atoms with Gasteiger partial charge in [-0.2, -0.15) is 0 Å². The van der Waals surface area contributed by atoms with Crippen molar-refractivity contribution in [3.63, 3.8) is 0 Å². The first-order chi connectivity index (χ1) is 3.93. The van der Waals surface area contributed by atoms with Crippen LogP contribution in [-0.2, 0) is 6.54 Å². The molecule has 2 heteroatoms. The third-order valence-electron chi connectivity index (χ3n) is 1.08. The molecule has 8 heavy (non-hydrogen) atoms. The van der Waals surface area contributed by atoms with Crippen molar-refractivity contribution in [3.05, 3.63) is 29.6 Å². The van der Waals surface area contributed by atoms with E-state index in [9.17, 15) is 0 Å². The Bertz CT molecular complexity index is 150. The molecular formula is C6H8BN. The van der Waals surface area contributed by atoms with Crippen LogP contribution in [0.25, 0.3) is 0 Å². The van der Waals surface area contributed by atoms with Gasteiger partial charge in [-0.3, -0.25) is 0 Å². The van der Waals surface area contributed by atoms with Gasteiger partial charge in [-0.25, -0.2) is 0 Å². The van der Waals surface area contributed by atoms with E-state index in [4.69, 9.17) is 5.73 Å². The van der Waals surface area contributed by atoms with Crippen LogP contribution >= 0.6 is 0 Å². The van der Waals surface area contributed by atoms with Crippen LogP contribution < -0.4 is 5.73 Å². The van der Waals surface area contributed by atoms with Crippen LogP contribution in [-0.4, -0.2) is 6.91 Å². The zero-order valence-electron chi connectivity index (χ0n) is 4.67. The van der Waals surface area contributed by atoms with E-state index < -0.39 is 0 Å². The molecule has 0 fully saturated rings. The van der Waals surface area contributed by atoms with Crippen molar-refractivity contribution >= 4 is 6.91 Å². The van der Waals surface area contributed by atoms with Crippen molar-refractivity contribution in [1.82, 2.24) is 0 Å². The molecule has 0 saturated heterocycles. The normalized spacial score (nSPS) is 8.62. The molecule has 0 unspecified atom stereocenters. The van der Waals surface area contributed by atoms with Crippen LogP contribution in [0.2, 0.25) is 0 Å². The van der Waals surface area contributed by atoms with Crippen LogP contribution in [0, 0.1) is 0 Å². The predicted octanol–water partition coefficient (Wildman–Crippen LogP) is 0.483. The molecule has 40 valence electrons. The fraction of sp³-hybridized carbons (Fsp3) is 0.167. The molecule has 1 heterocycles. The van der Waals surface area contributed by atoms with E-state index in [1.807, 2.05) is 31.1 Å². The summed E-state index contributed by atoms with van der Waals surface area (Å²) >= 11 is 0. The first kappa shape index (κ1) is 5.51. The first-order valence-corrected chi connectivity index (χ1v) is 2.67. The molecule has 0 aliphatic heterocycles. The number of hydrogen-bond donors (Lipinski definition) is 1. The Morgan fingerprint density at radius 2 is 2.38 bits per heavy atom. The van der Waals surface area contributed by atoms with Gasteiger partial charge in [0.25, 0.3) is 0 Å². The first-order valence-electron chi connectivity index (χ1n) is 2.67. The number of rotatable bonds is 1. The van der Waals surface area contributed by atoms with Crippen LogP contribution in [0.1, 0.15) is 5.46 Å². The van der Waals surface area contributed by atoms with Gasteiger partial charge in [0.05, 0.1) is 0 Å². The molecule has 1 nitrogen and oxygen atoms in total. The minimum absolute atomic E-state index is 0.640. The van der Waals surface area contributed by atoms with E-state index in [-0.39, 0.29) is 0 Å². The van der Waals surface area contributed by atoms with E-state index in [2.05, 4.69) is 0 Å². The van der Waals surface area contributed by atoms with E-state index in [1.54, 1.807) is 0 Å². The summed E-state index contributed by atoms with van der Waals surface area (Å²) in [4.78, 5) is 0. The van der Waals surface area contributed by atoms with E-state index in [0.29, 0.717) is 6.54 Å². The molecule has 0 aliphatic carbocycles. The zero-order valence-corrected chi connectivity index (χ0v) is 4.67. The third-order valence-corrected chi connectivity index (χ3v) is 1.08. The van der Waals surface area contributed by atoms with Crippen molar-refractivity contribution in [3.8, 4) is 0 Å². The van der Waals surface area contributed by atoms with Crippen molar-refractivity contribution in [2.24, 2.45) is 5.73 Å². The van der Waals surface area contributed by atoms with Gasteiger partial charge in [-0.05, 0) is 0 Å². The maximum absolute atomic E-state index is 5.35. The summed E-state index contributed by atoms with van der Waals surface area (Å²) in [5.41, 5.74) is 6.54. The number of hydrogen-bond acceptors (Lipinski definition) is 1. The quantitative estimate of drug-likeness (QED) is 0.552. The zero-order chi connectivity index (χ0) is 5.82. The fourth-order valence-electron chi connectivity index (χ4n) is 0.614.